The van der Waals surface area contributed by atoms with E-state index in [1.54, 1.807) is 30.3 Å². The van der Waals surface area contributed by atoms with E-state index in [1.165, 1.54) is 12.1 Å². The zero-order valence-corrected chi connectivity index (χ0v) is 15.0. The number of nitrogens with zero attached hydrogens (tertiary/aromatic N) is 2. The smallest absolute Gasteiger partial charge is 0.307 e. The summed E-state index contributed by atoms with van der Waals surface area (Å²) in [5, 5.41) is 22.7. The molecular weight excluding hydrogens is 366 g/mol. The Kier molecular flexibility index (Phi) is 5.85. The number of nitro benzene ring substituents is 1. The predicted molar refractivity (Wildman–Crippen MR) is 102 cm³/mol. The maximum absolute atomic E-state index is 12.8. The molecule has 3 rings (SSSR count). The highest BCUT2D eigenvalue weighted by atomic mass is 16.6. The van der Waals surface area contributed by atoms with Gasteiger partial charge in [-0.05, 0) is 23.8 Å². The van der Waals surface area contributed by atoms with Crippen LogP contribution in [0.3, 0.4) is 0 Å². The van der Waals surface area contributed by atoms with E-state index in [9.17, 15) is 19.7 Å². The van der Waals surface area contributed by atoms with Gasteiger partial charge in [0.25, 0.3) is 11.6 Å². The third-order valence-electron chi connectivity index (χ3n) is 4.35. The van der Waals surface area contributed by atoms with Crippen molar-refractivity contribution in [2.45, 2.75) is 6.42 Å². The minimum atomic E-state index is -0.941. The molecule has 146 valence electrons. The molecule has 2 aromatic carbocycles. The molecule has 0 saturated carbocycles. The van der Waals surface area contributed by atoms with Gasteiger partial charge in [-0.1, -0.05) is 12.1 Å². The van der Waals surface area contributed by atoms with E-state index in [2.05, 4.69) is 5.32 Å². The molecule has 9 nitrogen and oxygen atoms in total. The van der Waals surface area contributed by atoms with Crippen LogP contribution < -0.4 is 10.2 Å². The first-order valence-electron chi connectivity index (χ1n) is 8.67. The quantitative estimate of drug-likeness (QED) is 0.578. The van der Waals surface area contributed by atoms with Gasteiger partial charge in [-0.2, -0.15) is 0 Å². The van der Waals surface area contributed by atoms with Gasteiger partial charge < -0.3 is 20.1 Å². The number of rotatable bonds is 6. The largest absolute Gasteiger partial charge is 0.481 e. The molecule has 1 amide bonds. The molecule has 2 N–H and O–H groups in total. The normalized spacial score (nSPS) is 13.8. The van der Waals surface area contributed by atoms with E-state index >= 15 is 0 Å². The zero-order valence-electron chi connectivity index (χ0n) is 15.0. The summed E-state index contributed by atoms with van der Waals surface area (Å²) >= 11 is 0. The Morgan fingerprint density at radius 2 is 1.82 bits per heavy atom. The number of non-ortho nitro benzene ring substituents is 1. The van der Waals surface area contributed by atoms with Crippen molar-refractivity contribution in [3.05, 3.63) is 63.7 Å². The molecule has 1 saturated heterocycles. The van der Waals surface area contributed by atoms with Gasteiger partial charge >= 0.3 is 5.97 Å². The lowest BCUT2D eigenvalue weighted by atomic mass is 10.1. The molecule has 28 heavy (non-hydrogen) atoms. The van der Waals surface area contributed by atoms with Crippen LogP contribution in [0.15, 0.2) is 42.5 Å². The second kappa shape index (κ2) is 8.49. The van der Waals surface area contributed by atoms with Crippen LogP contribution in [0.2, 0.25) is 0 Å². The van der Waals surface area contributed by atoms with E-state index in [4.69, 9.17) is 9.84 Å². The number of carbonyl (C=O) groups excluding carboxylic acids is 1. The molecule has 1 aliphatic rings. The zero-order chi connectivity index (χ0) is 20.1. The summed E-state index contributed by atoms with van der Waals surface area (Å²) in [6, 6.07) is 10.6. The van der Waals surface area contributed by atoms with Crippen LogP contribution in [0.25, 0.3) is 0 Å². The average molecular weight is 385 g/mol. The Balaban J connectivity index is 1.85. The predicted octanol–water partition coefficient (Wildman–Crippen LogP) is 2.31. The summed E-state index contributed by atoms with van der Waals surface area (Å²) in [6.45, 7) is 2.20. The number of benzene rings is 2. The molecule has 1 heterocycles. The number of anilines is 2. The Hall–Kier alpha value is -3.46. The Labute approximate surface area is 160 Å². The van der Waals surface area contributed by atoms with Crippen molar-refractivity contribution in [2.75, 3.05) is 36.5 Å². The van der Waals surface area contributed by atoms with Gasteiger partial charge in [-0.15, -0.1) is 0 Å². The van der Waals surface area contributed by atoms with Crippen LogP contribution in [0.4, 0.5) is 17.1 Å². The molecule has 0 aromatic heterocycles. The molecule has 0 atom stereocenters. The summed E-state index contributed by atoms with van der Waals surface area (Å²) in [6.07, 6.45) is -0.111. The fourth-order valence-corrected chi connectivity index (χ4v) is 2.98. The Bertz CT molecular complexity index is 891. The molecular formula is C19H19N3O6. The van der Waals surface area contributed by atoms with Crippen molar-refractivity contribution in [3.8, 4) is 0 Å². The molecule has 1 aliphatic heterocycles. The summed E-state index contributed by atoms with van der Waals surface area (Å²) in [4.78, 5) is 36.1. The van der Waals surface area contributed by atoms with Gasteiger partial charge in [-0.25, -0.2) is 0 Å². The first-order valence-corrected chi connectivity index (χ1v) is 8.67. The lowest BCUT2D eigenvalue weighted by molar-refractivity contribution is -0.384. The highest BCUT2D eigenvalue weighted by molar-refractivity contribution is 6.08. The van der Waals surface area contributed by atoms with Gasteiger partial charge in [0.15, 0.2) is 0 Å². The fraction of sp³-hybridized carbons (Fsp3) is 0.263. The van der Waals surface area contributed by atoms with Gasteiger partial charge in [0.2, 0.25) is 0 Å². The van der Waals surface area contributed by atoms with Crippen LogP contribution in [-0.4, -0.2) is 48.2 Å². The van der Waals surface area contributed by atoms with E-state index in [0.717, 1.165) is 0 Å². The average Bonchev–Trinajstić information content (AvgIpc) is 2.69. The van der Waals surface area contributed by atoms with Gasteiger partial charge in [-0.3, -0.25) is 19.7 Å². The molecule has 0 radical (unpaired) electrons. The molecule has 0 bridgehead atoms. The van der Waals surface area contributed by atoms with Crippen LogP contribution in [0.1, 0.15) is 15.9 Å². The number of hydrogen-bond acceptors (Lipinski definition) is 6. The molecule has 0 aliphatic carbocycles. The van der Waals surface area contributed by atoms with Crippen LogP contribution in [0, 0.1) is 10.1 Å². The van der Waals surface area contributed by atoms with Crippen molar-refractivity contribution in [2.24, 2.45) is 0 Å². The molecule has 0 unspecified atom stereocenters. The standard InChI is InChI=1S/C19H19N3O6/c23-18(24)11-13-1-3-14(4-2-13)20-19(25)16-12-15(22(26)27)5-6-17(16)21-7-9-28-10-8-21/h1-6,12H,7-11H2,(H,20,25)(H,23,24). The summed E-state index contributed by atoms with van der Waals surface area (Å²) < 4.78 is 5.33. The van der Waals surface area contributed by atoms with Crippen LogP contribution in [-0.2, 0) is 16.0 Å². The Morgan fingerprint density at radius 3 is 2.43 bits per heavy atom. The summed E-state index contributed by atoms with van der Waals surface area (Å²) in [5.74, 6) is -1.42. The number of aliphatic carboxylic acids is 1. The number of ether oxygens (including phenoxy) is 1. The maximum Gasteiger partial charge on any atom is 0.307 e. The molecule has 0 spiro atoms. The third kappa shape index (κ3) is 4.63. The number of nitrogens with one attached hydrogen (secondary N) is 1. The number of carboxylic acid groups (broad SMARTS) is 1. The fourth-order valence-electron chi connectivity index (χ4n) is 2.98. The van der Waals surface area contributed by atoms with E-state index in [-0.39, 0.29) is 17.7 Å². The Morgan fingerprint density at radius 1 is 1.14 bits per heavy atom. The van der Waals surface area contributed by atoms with Crippen molar-refractivity contribution in [1.82, 2.24) is 0 Å². The summed E-state index contributed by atoms with van der Waals surface area (Å²) in [7, 11) is 0. The van der Waals surface area contributed by atoms with E-state index in [0.29, 0.717) is 43.2 Å². The third-order valence-corrected chi connectivity index (χ3v) is 4.35. The molecule has 2 aromatic rings. The lowest BCUT2D eigenvalue weighted by Gasteiger charge is -2.30. The number of carboxylic acids is 1. The minimum Gasteiger partial charge on any atom is -0.481 e. The minimum absolute atomic E-state index is 0.111. The topological polar surface area (TPSA) is 122 Å². The van der Waals surface area contributed by atoms with Crippen LogP contribution in [0.5, 0.6) is 0 Å². The molecule has 1 fully saturated rings. The number of nitro groups is 1. The number of morpholine rings is 1. The van der Waals surface area contributed by atoms with Gasteiger partial charge in [0, 0.05) is 30.9 Å². The highest BCUT2D eigenvalue weighted by Gasteiger charge is 2.22. The first-order chi connectivity index (χ1) is 13.4. The molecule has 9 heteroatoms. The maximum atomic E-state index is 12.8. The van der Waals surface area contributed by atoms with Crippen LogP contribution >= 0.6 is 0 Å². The second-order valence-electron chi connectivity index (χ2n) is 6.28. The lowest BCUT2D eigenvalue weighted by Crippen LogP contribution is -2.37. The number of amides is 1. The SMILES string of the molecule is O=C(O)Cc1ccc(NC(=O)c2cc([N+](=O)[O-])ccc2N2CCOCC2)cc1. The summed E-state index contributed by atoms with van der Waals surface area (Å²) in [5.41, 5.74) is 1.71. The highest BCUT2D eigenvalue weighted by Crippen LogP contribution is 2.27. The van der Waals surface area contributed by atoms with Crippen molar-refractivity contribution >= 4 is 28.9 Å². The van der Waals surface area contributed by atoms with Gasteiger partial charge in [0.1, 0.15) is 0 Å². The second-order valence-corrected chi connectivity index (χ2v) is 6.28. The van der Waals surface area contributed by atoms with E-state index < -0.39 is 16.8 Å². The number of carbonyl (C=O) groups is 2. The van der Waals surface area contributed by atoms with Crippen molar-refractivity contribution in [1.29, 1.82) is 0 Å². The monoisotopic (exact) mass is 385 g/mol. The van der Waals surface area contributed by atoms with E-state index in [1.807, 2.05) is 4.90 Å². The van der Waals surface area contributed by atoms with Crippen molar-refractivity contribution in [3.63, 3.8) is 0 Å². The number of hydrogen-bond donors (Lipinski definition) is 2. The van der Waals surface area contributed by atoms with Crippen molar-refractivity contribution < 1.29 is 24.4 Å². The first kappa shape index (κ1) is 19.3. The van der Waals surface area contributed by atoms with Gasteiger partial charge in [0.05, 0.1) is 35.8 Å².